The SMILES string of the molecule is N#Cc1ccccc1COc1ccc(Oc2ccc([N+](=O)[O-])cn2)cc1. The van der Waals surface area contributed by atoms with Gasteiger partial charge in [0.15, 0.2) is 0 Å². The predicted molar refractivity (Wildman–Crippen MR) is 92.9 cm³/mol. The van der Waals surface area contributed by atoms with E-state index in [0.717, 1.165) is 11.8 Å². The number of benzene rings is 2. The molecule has 1 heterocycles. The molecule has 0 N–H and O–H groups in total. The fraction of sp³-hybridized carbons (Fsp3) is 0.0526. The normalized spacial score (nSPS) is 9.96. The number of nitrogens with zero attached hydrogens (tertiary/aromatic N) is 3. The van der Waals surface area contributed by atoms with Crippen molar-refractivity contribution in [2.75, 3.05) is 0 Å². The Labute approximate surface area is 149 Å². The number of rotatable bonds is 6. The second kappa shape index (κ2) is 7.77. The Kier molecular flexibility index (Phi) is 5.05. The van der Waals surface area contributed by atoms with Crippen LogP contribution in [0.5, 0.6) is 17.4 Å². The molecule has 0 saturated carbocycles. The molecule has 0 saturated heterocycles. The molecule has 0 unspecified atom stereocenters. The number of nitro groups is 1. The number of hydrogen-bond acceptors (Lipinski definition) is 6. The molecule has 3 aromatic rings. The van der Waals surface area contributed by atoms with Crippen LogP contribution in [0.2, 0.25) is 0 Å². The van der Waals surface area contributed by atoms with Crippen molar-refractivity contribution in [3.05, 3.63) is 88.1 Å². The molecule has 0 fully saturated rings. The van der Waals surface area contributed by atoms with Crippen molar-refractivity contribution in [3.63, 3.8) is 0 Å². The minimum Gasteiger partial charge on any atom is -0.489 e. The summed E-state index contributed by atoms with van der Waals surface area (Å²) in [5, 5.41) is 19.7. The van der Waals surface area contributed by atoms with Gasteiger partial charge in [-0.05, 0) is 30.3 Å². The van der Waals surface area contributed by atoms with Crippen LogP contribution in [-0.2, 0) is 6.61 Å². The van der Waals surface area contributed by atoms with E-state index in [1.165, 1.54) is 12.1 Å². The fourth-order valence-electron chi connectivity index (χ4n) is 2.18. The maximum atomic E-state index is 10.6. The summed E-state index contributed by atoms with van der Waals surface area (Å²) in [5.41, 5.74) is 1.29. The zero-order valence-corrected chi connectivity index (χ0v) is 13.5. The van der Waals surface area contributed by atoms with Gasteiger partial charge in [0.1, 0.15) is 24.3 Å². The summed E-state index contributed by atoms with van der Waals surface area (Å²) in [5.74, 6) is 1.41. The van der Waals surface area contributed by atoms with Crippen molar-refractivity contribution >= 4 is 5.69 Å². The van der Waals surface area contributed by atoms with Crippen LogP contribution in [0.25, 0.3) is 0 Å². The van der Waals surface area contributed by atoms with Gasteiger partial charge in [0.2, 0.25) is 5.88 Å². The molecule has 0 bridgehead atoms. The maximum Gasteiger partial charge on any atom is 0.287 e. The smallest absolute Gasteiger partial charge is 0.287 e. The van der Waals surface area contributed by atoms with Crippen molar-refractivity contribution < 1.29 is 14.4 Å². The molecule has 0 spiro atoms. The first-order valence-electron chi connectivity index (χ1n) is 7.65. The summed E-state index contributed by atoms with van der Waals surface area (Å²) in [6, 6.07) is 19.0. The van der Waals surface area contributed by atoms with Crippen LogP contribution in [0.3, 0.4) is 0 Å². The van der Waals surface area contributed by atoms with Crippen LogP contribution < -0.4 is 9.47 Å². The number of nitriles is 1. The summed E-state index contributed by atoms with van der Waals surface area (Å²) < 4.78 is 11.2. The second-order valence-corrected chi connectivity index (χ2v) is 5.24. The van der Waals surface area contributed by atoms with E-state index in [9.17, 15) is 10.1 Å². The summed E-state index contributed by atoms with van der Waals surface area (Å²) >= 11 is 0. The van der Waals surface area contributed by atoms with Gasteiger partial charge in [0.05, 0.1) is 16.6 Å². The fourth-order valence-corrected chi connectivity index (χ4v) is 2.18. The van der Waals surface area contributed by atoms with Crippen molar-refractivity contribution in [2.24, 2.45) is 0 Å². The van der Waals surface area contributed by atoms with Gasteiger partial charge in [-0.15, -0.1) is 0 Å². The van der Waals surface area contributed by atoms with Gasteiger partial charge in [0.25, 0.3) is 5.69 Å². The first kappa shape index (κ1) is 16.9. The van der Waals surface area contributed by atoms with Gasteiger partial charge in [-0.2, -0.15) is 5.26 Å². The maximum absolute atomic E-state index is 10.6. The minimum absolute atomic E-state index is 0.0984. The van der Waals surface area contributed by atoms with Crippen LogP contribution in [0.1, 0.15) is 11.1 Å². The number of hydrogen-bond donors (Lipinski definition) is 0. The van der Waals surface area contributed by atoms with Crippen molar-refractivity contribution in [2.45, 2.75) is 6.61 Å². The van der Waals surface area contributed by atoms with E-state index in [1.54, 1.807) is 36.4 Å². The van der Waals surface area contributed by atoms with Crippen LogP contribution in [-0.4, -0.2) is 9.91 Å². The average molecular weight is 347 g/mol. The number of aromatic nitrogens is 1. The third kappa shape index (κ3) is 4.13. The Morgan fingerprint density at radius 3 is 2.42 bits per heavy atom. The Balaban J connectivity index is 1.61. The Morgan fingerprint density at radius 1 is 1.04 bits per heavy atom. The summed E-state index contributed by atoms with van der Waals surface area (Å²) in [4.78, 5) is 14.0. The molecule has 128 valence electrons. The Bertz CT molecular complexity index is 948. The molecule has 0 radical (unpaired) electrons. The summed E-state index contributed by atoms with van der Waals surface area (Å²) in [6.07, 6.45) is 1.14. The second-order valence-electron chi connectivity index (χ2n) is 5.24. The number of ether oxygens (including phenoxy) is 2. The molecular weight excluding hydrogens is 334 g/mol. The van der Waals surface area contributed by atoms with E-state index in [-0.39, 0.29) is 18.2 Å². The molecule has 0 aliphatic rings. The largest absolute Gasteiger partial charge is 0.489 e. The van der Waals surface area contributed by atoms with Crippen molar-refractivity contribution in [1.29, 1.82) is 5.26 Å². The number of pyridine rings is 1. The Morgan fingerprint density at radius 2 is 1.77 bits per heavy atom. The molecule has 0 atom stereocenters. The monoisotopic (exact) mass is 347 g/mol. The summed E-state index contributed by atoms with van der Waals surface area (Å²) in [7, 11) is 0. The van der Waals surface area contributed by atoms with Gasteiger partial charge in [-0.3, -0.25) is 10.1 Å². The van der Waals surface area contributed by atoms with Crippen LogP contribution in [0.15, 0.2) is 66.9 Å². The lowest BCUT2D eigenvalue weighted by Gasteiger charge is -2.09. The van der Waals surface area contributed by atoms with Crippen LogP contribution in [0, 0.1) is 21.4 Å². The molecule has 1 aromatic heterocycles. The van der Waals surface area contributed by atoms with E-state index in [2.05, 4.69) is 11.1 Å². The molecule has 0 amide bonds. The van der Waals surface area contributed by atoms with Crippen LogP contribution in [0.4, 0.5) is 5.69 Å². The van der Waals surface area contributed by atoms with E-state index in [0.29, 0.717) is 17.1 Å². The van der Waals surface area contributed by atoms with Gasteiger partial charge in [0, 0.05) is 17.7 Å². The molecule has 2 aromatic carbocycles. The van der Waals surface area contributed by atoms with Gasteiger partial charge < -0.3 is 9.47 Å². The average Bonchev–Trinajstić information content (AvgIpc) is 2.68. The summed E-state index contributed by atoms with van der Waals surface area (Å²) in [6.45, 7) is 0.286. The van der Waals surface area contributed by atoms with Gasteiger partial charge in [-0.1, -0.05) is 18.2 Å². The highest BCUT2D eigenvalue weighted by atomic mass is 16.6. The van der Waals surface area contributed by atoms with Crippen molar-refractivity contribution in [3.8, 4) is 23.4 Å². The molecule has 3 rings (SSSR count). The first-order valence-corrected chi connectivity index (χ1v) is 7.65. The van der Waals surface area contributed by atoms with Gasteiger partial charge in [-0.25, -0.2) is 4.98 Å². The van der Waals surface area contributed by atoms with E-state index in [4.69, 9.17) is 14.7 Å². The standard InChI is InChI=1S/C19H13N3O4/c20-11-14-3-1-2-4-15(14)13-25-17-6-8-18(9-7-17)26-19-10-5-16(12-21-19)22(23)24/h1-10,12H,13H2. The molecule has 26 heavy (non-hydrogen) atoms. The molecule has 0 aliphatic heterocycles. The van der Waals surface area contributed by atoms with Crippen LogP contribution >= 0.6 is 0 Å². The third-order valence-corrected chi connectivity index (χ3v) is 3.51. The molecular formula is C19H13N3O4. The lowest BCUT2D eigenvalue weighted by molar-refractivity contribution is -0.385. The topological polar surface area (TPSA) is 98.3 Å². The van der Waals surface area contributed by atoms with E-state index < -0.39 is 4.92 Å². The van der Waals surface area contributed by atoms with Gasteiger partial charge >= 0.3 is 0 Å². The first-order chi connectivity index (χ1) is 12.7. The lowest BCUT2D eigenvalue weighted by atomic mass is 10.1. The lowest BCUT2D eigenvalue weighted by Crippen LogP contribution is -1.98. The zero-order chi connectivity index (χ0) is 18.4. The van der Waals surface area contributed by atoms with Crippen molar-refractivity contribution in [1.82, 2.24) is 4.98 Å². The van der Waals surface area contributed by atoms with E-state index in [1.807, 2.05) is 12.1 Å². The molecule has 7 nitrogen and oxygen atoms in total. The highest BCUT2D eigenvalue weighted by Gasteiger charge is 2.07. The predicted octanol–water partition coefficient (Wildman–Crippen LogP) is 4.23. The zero-order valence-electron chi connectivity index (χ0n) is 13.5. The third-order valence-electron chi connectivity index (χ3n) is 3.51. The molecule has 7 heteroatoms. The quantitative estimate of drug-likeness (QED) is 0.489. The Hall–Kier alpha value is -3.92. The highest BCUT2D eigenvalue weighted by molar-refractivity contribution is 5.38. The molecule has 0 aliphatic carbocycles. The highest BCUT2D eigenvalue weighted by Crippen LogP contribution is 2.24. The van der Waals surface area contributed by atoms with E-state index >= 15 is 0 Å². The minimum atomic E-state index is -0.520.